The Bertz CT molecular complexity index is 496. The van der Waals surface area contributed by atoms with Crippen molar-refractivity contribution in [1.29, 1.82) is 0 Å². The molecule has 0 aromatic carbocycles. The summed E-state index contributed by atoms with van der Waals surface area (Å²) < 4.78 is 28.2. The van der Waals surface area contributed by atoms with Crippen molar-refractivity contribution in [2.24, 2.45) is 0 Å². The second-order valence-corrected chi connectivity index (χ2v) is 9.19. The maximum atomic E-state index is 12.6. The molecule has 6 heteroatoms. The Kier molecular flexibility index (Phi) is 4.86. The minimum Gasteiger partial charge on any atom is -0.206 e. The largest absolute Gasteiger partial charge is 0.252 e. The zero-order chi connectivity index (χ0) is 13.2. The topological polar surface area (TPSA) is 37.4 Å². The van der Waals surface area contributed by atoms with Gasteiger partial charge in [-0.15, -0.1) is 11.3 Å². The third-order valence-corrected chi connectivity index (χ3v) is 7.35. The molecular formula is C12H18BrNO2S2. The normalized spacial score (nSPS) is 22.2. The molecule has 1 aromatic rings. The van der Waals surface area contributed by atoms with E-state index in [2.05, 4.69) is 22.9 Å². The Morgan fingerprint density at radius 3 is 2.83 bits per heavy atom. The summed E-state index contributed by atoms with van der Waals surface area (Å²) in [6.45, 7) is 2.78. The number of thiophene rings is 1. The summed E-state index contributed by atoms with van der Waals surface area (Å²) in [5, 5.41) is 0. The molecule has 1 fully saturated rings. The lowest BCUT2D eigenvalue weighted by atomic mass is 10.0. The summed E-state index contributed by atoms with van der Waals surface area (Å²) in [6.07, 6.45) is 5.12. The zero-order valence-electron chi connectivity index (χ0n) is 10.4. The van der Waals surface area contributed by atoms with Crippen molar-refractivity contribution in [2.75, 3.05) is 6.54 Å². The summed E-state index contributed by atoms with van der Waals surface area (Å²) in [6, 6.07) is 3.69. The van der Waals surface area contributed by atoms with Crippen LogP contribution in [0.25, 0.3) is 0 Å². The molecule has 2 heterocycles. The summed E-state index contributed by atoms with van der Waals surface area (Å²) in [5.74, 6) is 0. The zero-order valence-corrected chi connectivity index (χ0v) is 13.7. The van der Waals surface area contributed by atoms with Gasteiger partial charge in [0.05, 0.1) is 3.79 Å². The molecule has 1 atom stereocenters. The molecule has 0 amide bonds. The van der Waals surface area contributed by atoms with Crippen molar-refractivity contribution >= 4 is 37.3 Å². The van der Waals surface area contributed by atoms with Crippen LogP contribution < -0.4 is 0 Å². The average Bonchev–Trinajstić information content (AvgIpc) is 2.78. The van der Waals surface area contributed by atoms with Crippen LogP contribution in [0.2, 0.25) is 0 Å². The quantitative estimate of drug-likeness (QED) is 0.825. The summed E-state index contributed by atoms with van der Waals surface area (Å²) >= 11 is 4.63. The van der Waals surface area contributed by atoms with E-state index in [-0.39, 0.29) is 6.04 Å². The number of halogens is 1. The van der Waals surface area contributed by atoms with Crippen LogP contribution in [-0.4, -0.2) is 25.3 Å². The van der Waals surface area contributed by atoms with Crippen LogP contribution in [0, 0.1) is 0 Å². The van der Waals surface area contributed by atoms with Crippen LogP contribution in [0.4, 0.5) is 0 Å². The van der Waals surface area contributed by atoms with Crippen molar-refractivity contribution in [2.45, 2.75) is 49.3 Å². The SMILES string of the molecule is CCCC1CCCCN1S(=O)(=O)c1ccc(Br)s1. The highest BCUT2D eigenvalue weighted by Crippen LogP contribution is 2.32. The average molecular weight is 352 g/mol. The molecule has 1 aromatic heterocycles. The fourth-order valence-corrected chi connectivity index (χ4v) is 6.33. The van der Waals surface area contributed by atoms with Gasteiger partial charge in [0.15, 0.2) is 0 Å². The van der Waals surface area contributed by atoms with E-state index >= 15 is 0 Å². The van der Waals surface area contributed by atoms with Gasteiger partial charge in [-0.3, -0.25) is 0 Å². The van der Waals surface area contributed by atoms with Gasteiger partial charge in [-0.2, -0.15) is 4.31 Å². The number of hydrogen-bond donors (Lipinski definition) is 0. The van der Waals surface area contributed by atoms with Crippen molar-refractivity contribution < 1.29 is 8.42 Å². The molecule has 0 spiro atoms. The third-order valence-electron chi connectivity index (χ3n) is 3.31. The highest BCUT2D eigenvalue weighted by atomic mass is 79.9. The lowest BCUT2D eigenvalue weighted by Crippen LogP contribution is -2.43. The predicted octanol–water partition coefficient (Wildman–Crippen LogP) is 3.85. The third kappa shape index (κ3) is 2.98. The van der Waals surface area contributed by atoms with E-state index in [0.29, 0.717) is 10.8 Å². The van der Waals surface area contributed by atoms with Gasteiger partial charge >= 0.3 is 0 Å². The Morgan fingerprint density at radius 1 is 1.44 bits per heavy atom. The Balaban J connectivity index is 2.27. The van der Waals surface area contributed by atoms with Crippen molar-refractivity contribution in [3.05, 3.63) is 15.9 Å². The van der Waals surface area contributed by atoms with Gasteiger partial charge in [0.1, 0.15) is 4.21 Å². The van der Waals surface area contributed by atoms with E-state index in [1.54, 1.807) is 16.4 Å². The first kappa shape index (κ1) is 14.5. The Labute approximate surface area is 121 Å². The number of rotatable bonds is 4. The fourth-order valence-electron chi connectivity index (χ4n) is 2.46. The molecule has 1 unspecified atom stereocenters. The van der Waals surface area contributed by atoms with E-state index in [4.69, 9.17) is 0 Å². The minimum absolute atomic E-state index is 0.189. The van der Waals surface area contributed by atoms with E-state index in [9.17, 15) is 8.42 Å². The molecule has 0 saturated carbocycles. The molecule has 2 rings (SSSR count). The van der Waals surface area contributed by atoms with E-state index < -0.39 is 10.0 Å². The molecule has 1 saturated heterocycles. The molecule has 0 bridgehead atoms. The Hall–Kier alpha value is 0.0900. The van der Waals surface area contributed by atoms with E-state index in [1.165, 1.54) is 11.3 Å². The summed E-state index contributed by atoms with van der Waals surface area (Å²) in [5.41, 5.74) is 0. The number of sulfonamides is 1. The highest BCUT2D eigenvalue weighted by Gasteiger charge is 2.33. The van der Waals surface area contributed by atoms with Crippen LogP contribution in [0.5, 0.6) is 0 Å². The first-order chi connectivity index (χ1) is 8.55. The molecule has 1 aliphatic heterocycles. The maximum absolute atomic E-state index is 12.6. The minimum atomic E-state index is -3.29. The van der Waals surface area contributed by atoms with Gasteiger partial charge in [0, 0.05) is 12.6 Å². The second kappa shape index (κ2) is 6.03. The van der Waals surface area contributed by atoms with Crippen molar-refractivity contribution in [1.82, 2.24) is 4.31 Å². The van der Waals surface area contributed by atoms with Crippen LogP contribution in [-0.2, 0) is 10.0 Å². The van der Waals surface area contributed by atoms with Crippen molar-refractivity contribution in [3.8, 4) is 0 Å². The number of piperidine rings is 1. The van der Waals surface area contributed by atoms with Crippen molar-refractivity contribution in [3.63, 3.8) is 0 Å². The molecule has 3 nitrogen and oxygen atoms in total. The smallest absolute Gasteiger partial charge is 0.206 e. The predicted molar refractivity (Wildman–Crippen MR) is 78.5 cm³/mol. The van der Waals surface area contributed by atoms with Gasteiger partial charge in [0.25, 0.3) is 10.0 Å². The van der Waals surface area contributed by atoms with Crippen LogP contribution in [0.1, 0.15) is 39.0 Å². The van der Waals surface area contributed by atoms with Gasteiger partial charge in [-0.25, -0.2) is 8.42 Å². The standard InChI is InChI=1S/C12H18BrNO2S2/c1-2-5-10-6-3-4-9-14(10)18(15,16)12-8-7-11(13)17-12/h7-8,10H,2-6,9H2,1H3. The van der Waals surface area contributed by atoms with E-state index in [0.717, 1.165) is 35.9 Å². The first-order valence-corrected chi connectivity index (χ1v) is 9.38. The van der Waals surface area contributed by atoms with Gasteiger partial charge < -0.3 is 0 Å². The molecular weight excluding hydrogens is 334 g/mol. The number of hydrogen-bond acceptors (Lipinski definition) is 3. The lowest BCUT2D eigenvalue weighted by molar-refractivity contribution is 0.240. The number of nitrogens with zero attached hydrogens (tertiary/aromatic N) is 1. The van der Waals surface area contributed by atoms with Crippen LogP contribution in [0.15, 0.2) is 20.1 Å². The molecule has 0 aliphatic carbocycles. The van der Waals surface area contributed by atoms with Gasteiger partial charge in [0.2, 0.25) is 0 Å². The first-order valence-electron chi connectivity index (χ1n) is 6.33. The highest BCUT2D eigenvalue weighted by molar-refractivity contribution is 9.11. The van der Waals surface area contributed by atoms with Gasteiger partial charge in [-0.05, 0) is 47.3 Å². The second-order valence-electron chi connectivity index (χ2n) is 4.61. The molecule has 18 heavy (non-hydrogen) atoms. The Morgan fingerprint density at radius 2 is 2.22 bits per heavy atom. The molecule has 102 valence electrons. The summed E-state index contributed by atoms with van der Waals surface area (Å²) in [7, 11) is -3.29. The van der Waals surface area contributed by atoms with Crippen LogP contribution in [0.3, 0.4) is 0 Å². The fraction of sp³-hybridized carbons (Fsp3) is 0.667. The molecule has 1 aliphatic rings. The maximum Gasteiger partial charge on any atom is 0.252 e. The lowest BCUT2D eigenvalue weighted by Gasteiger charge is -2.34. The van der Waals surface area contributed by atoms with Gasteiger partial charge in [-0.1, -0.05) is 19.8 Å². The summed E-state index contributed by atoms with van der Waals surface area (Å²) in [4.78, 5) is 0. The monoisotopic (exact) mass is 351 g/mol. The molecule has 0 radical (unpaired) electrons. The van der Waals surface area contributed by atoms with Crippen LogP contribution >= 0.6 is 27.3 Å². The molecule has 0 N–H and O–H groups in total. The van der Waals surface area contributed by atoms with E-state index in [1.807, 2.05) is 0 Å².